The van der Waals surface area contributed by atoms with Crippen molar-refractivity contribution in [3.05, 3.63) is 59.9 Å². The number of β-amino-alcohol motifs (C(OH)–C–C–N with tert-alkyl or cyclic N) is 1. The molecule has 2 saturated heterocycles. The summed E-state index contributed by atoms with van der Waals surface area (Å²) in [7, 11) is 0. The molecule has 1 aromatic carbocycles. The number of aliphatic hydroxyl groups is 1. The second-order valence-corrected chi connectivity index (χ2v) is 8.30. The fourth-order valence-electron chi connectivity index (χ4n) is 4.27. The van der Waals surface area contributed by atoms with E-state index in [0.29, 0.717) is 25.2 Å². The minimum Gasteiger partial charge on any atom is -0.490 e. The van der Waals surface area contributed by atoms with Crippen molar-refractivity contribution in [2.45, 2.75) is 25.5 Å². The first kappa shape index (κ1) is 21.7. The molecule has 0 aliphatic carbocycles. The largest absolute Gasteiger partial charge is 0.490 e. The average Bonchev–Trinajstić information content (AvgIpc) is 2.82. The van der Waals surface area contributed by atoms with E-state index in [-0.39, 0.29) is 18.6 Å². The Bertz CT molecular complexity index is 814. The maximum Gasteiger partial charge on any atom is 0.253 e. The Hall–Kier alpha value is -2.48. The van der Waals surface area contributed by atoms with Gasteiger partial charge in [0, 0.05) is 64.1 Å². The van der Waals surface area contributed by atoms with Gasteiger partial charge in [-0.25, -0.2) is 0 Å². The quantitative estimate of drug-likeness (QED) is 0.732. The van der Waals surface area contributed by atoms with Gasteiger partial charge in [-0.15, -0.1) is 0 Å². The van der Waals surface area contributed by atoms with Crippen LogP contribution >= 0.6 is 0 Å². The van der Waals surface area contributed by atoms with Crippen molar-refractivity contribution in [3.8, 4) is 5.75 Å². The molecular formula is C24H32N4O3. The highest BCUT2D eigenvalue weighted by Crippen LogP contribution is 2.21. The summed E-state index contributed by atoms with van der Waals surface area (Å²) < 4.78 is 6.18. The van der Waals surface area contributed by atoms with Gasteiger partial charge in [0.1, 0.15) is 11.9 Å². The van der Waals surface area contributed by atoms with Gasteiger partial charge >= 0.3 is 0 Å². The van der Waals surface area contributed by atoms with Gasteiger partial charge < -0.3 is 14.7 Å². The number of piperazine rings is 1. The van der Waals surface area contributed by atoms with Gasteiger partial charge in [0.2, 0.25) is 0 Å². The van der Waals surface area contributed by atoms with E-state index < -0.39 is 0 Å². The van der Waals surface area contributed by atoms with E-state index in [1.165, 1.54) is 0 Å². The summed E-state index contributed by atoms with van der Waals surface area (Å²) in [6.45, 7) is 6.76. The van der Waals surface area contributed by atoms with Gasteiger partial charge in [0.15, 0.2) is 0 Å². The number of likely N-dealkylation sites (tertiary alicyclic amines) is 1. The number of nitrogens with zero attached hydrogens (tertiary/aromatic N) is 4. The van der Waals surface area contributed by atoms with E-state index in [1.54, 1.807) is 0 Å². The Balaban J connectivity index is 1.22. The summed E-state index contributed by atoms with van der Waals surface area (Å²) in [6.07, 6.45) is 4.04. The van der Waals surface area contributed by atoms with Gasteiger partial charge in [0.05, 0.1) is 12.3 Å². The molecule has 1 N–H and O–H groups in total. The summed E-state index contributed by atoms with van der Waals surface area (Å²) in [5.41, 5.74) is 1.81. The van der Waals surface area contributed by atoms with Crippen molar-refractivity contribution in [3.63, 3.8) is 0 Å². The monoisotopic (exact) mass is 424 g/mol. The van der Waals surface area contributed by atoms with Gasteiger partial charge in [0.25, 0.3) is 5.91 Å². The third-order valence-electron chi connectivity index (χ3n) is 6.13. The number of ether oxygens (including phenoxy) is 1. The summed E-state index contributed by atoms with van der Waals surface area (Å²) in [5, 5.41) is 9.05. The van der Waals surface area contributed by atoms with E-state index in [9.17, 15) is 4.79 Å². The van der Waals surface area contributed by atoms with Crippen molar-refractivity contribution in [1.29, 1.82) is 0 Å². The van der Waals surface area contributed by atoms with E-state index in [1.807, 2.05) is 47.5 Å². The summed E-state index contributed by atoms with van der Waals surface area (Å²) >= 11 is 0. The van der Waals surface area contributed by atoms with Gasteiger partial charge in [-0.2, -0.15) is 0 Å². The lowest BCUT2D eigenvalue weighted by molar-refractivity contribution is 0.0615. The number of rotatable bonds is 7. The molecule has 7 nitrogen and oxygen atoms in total. The minimum absolute atomic E-state index is 0.0676. The summed E-state index contributed by atoms with van der Waals surface area (Å²) in [4.78, 5) is 23.7. The molecule has 0 spiro atoms. The first-order chi connectivity index (χ1) is 15.2. The lowest BCUT2D eigenvalue weighted by Crippen LogP contribution is -2.49. The number of piperidine rings is 1. The highest BCUT2D eigenvalue weighted by Gasteiger charge is 2.23. The molecule has 2 aromatic rings. The van der Waals surface area contributed by atoms with E-state index in [4.69, 9.17) is 9.84 Å². The number of carbonyl (C=O) groups excluding carboxylic acids is 1. The smallest absolute Gasteiger partial charge is 0.253 e. The van der Waals surface area contributed by atoms with Crippen molar-refractivity contribution >= 4 is 5.91 Å². The second-order valence-electron chi connectivity index (χ2n) is 8.30. The molecular weight excluding hydrogens is 392 g/mol. The number of benzene rings is 1. The normalized spacial score (nSPS) is 18.8. The van der Waals surface area contributed by atoms with Crippen LogP contribution in [0.5, 0.6) is 5.75 Å². The number of aromatic nitrogens is 1. The van der Waals surface area contributed by atoms with Crippen LogP contribution in [-0.4, -0.2) is 89.2 Å². The lowest BCUT2D eigenvalue weighted by Gasteiger charge is -2.34. The van der Waals surface area contributed by atoms with Crippen LogP contribution in [0.2, 0.25) is 0 Å². The van der Waals surface area contributed by atoms with Crippen LogP contribution in [0.3, 0.4) is 0 Å². The molecule has 0 unspecified atom stereocenters. The predicted molar refractivity (Wildman–Crippen MR) is 119 cm³/mol. The van der Waals surface area contributed by atoms with Crippen LogP contribution < -0.4 is 4.74 Å². The molecule has 0 bridgehead atoms. The van der Waals surface area contributed by atoms with Crippen LogP contribution in [0, 0.1) is 0 Å². The van der Waals surface area contributed by atoms with Crippen LogP contribution in [0.4, 0.5) is 0 Å². The molecule has 7 heteroatoms. The Morgan fingerprint density at radius 1 is 0.968 bits per heavy atom. The Labute approximate surface area is 184 Å². The molecule has 0 saturated carbocycles. The highest BCUT2D eigenvalue weighted by atomic mass is 16.5. The molecule has 2 aliphatic rings. The molecule has 2 aliphatic heterocycles. The standard InChI is InChI=1S/C24H32N4O3/c29-18-17-26-13-15-28(16-14-26)24(30)20-4-6-22(7-5-20)31-23-8-11-27(12-9-23)19-21-3-1-2-10-25-21/h1-7,10,23,29H,8-9,11-19H2. The average molecular weight is 425 g/mol. The van der Waals surface area contributed by atoms with Crippen LogP contribution in [-0.2, 0) is 6.54 Å². The van der Waals surface area contributed by atoms with Gasteiger partial charge in [-0.3, -0.25) is 19.6 Å². The van der Waals surface area contributed by atoms with Crippen molar-refractivity contribution in [1.82, 2.24) is 19.7 Å². The molecule has 1 aromatic heterocycles. The second kappa shape index (κ2) is 10.7. The first-order valence-electron chi connectivity index (χ1n) is 11.2. The maximum absolute atomic E-state index is 12.8. The summed E-state index contributed by atoms with van der Waals surface area (Å²) in [5.74, 6) is 0.894. The minimum atomic E-state index is 0.0676. The fraction of sp³-hybridized carbons (Fsp3) is 0.500. The number of pyridine rings is 1. The maximum atomic E-state index is 12.8. The Morgan fingerprint density at radius 2 is 1.71 bits per heavy atom. The molecule has 166 valence electrons. The SMILES string of the molecule is O=C(c1ccc(OC2CCN(Cc3ccccn3)CC2)cc1)N1CCN(CCO)CC1. The first-order valence-corrected chi connectivity index (χ1v) is 11.2. The predicted octanol–water partition coefficient (Wildman–Crippen LogP) is 1.88. The number of amides is 1. The van der Waals surface area contributed by atoms with Crippen molar-refractivity contribution in [2.24, 2.45) is 0 Å². The zero-order valence-corrected chi connectivity index (χ0v) is 18.0. The third-order valence-corrected chi connectivity index (χ3v) is 6.13. The zero-order chi connectivity index (χ0) is 21.5. The van der Waals surface area contributed by atoms with E-state index >= 15 is 0 Å². The number of hydrogen-bond donors (Lipinski definition) is 1. The molecule has 0 radical (unpaired) electrons. The molecule has 0 atom stereocenters. The van der Waals surface area contributed by atoms with Gasteiger partial charge in [-0.05, 0) is 49.2 Å². The third kappa shape index (κ3) is 6.03. The summed E-state index contributed by atoms with van der Waals surface area (Å²) in [6, 6.07) is 13.6. The molecule has 2 fully saturated rings. The molecule has 4 rings (SSSR count). The van der Waals surface area contributed by atoms with E-state index in [0.717, 1.165) is 57.0 Å². The zero-order valence-electron chi connectivity index (χ0n) is 18.0. The van der Waals surface area contributed by atoms with Crippen molar-refractivity contribution < 1.29 is 14.6 Å². The van der Waals surface area contributed by atoms with Crippen LogP contribution in [0.15, 0.2) is 48.7 Å². The number of hydrogen-bond acceptors (Lipinski definition) is 6. The highest BCUT2D eigenvalue weighted by molar-refractivity contribution is 5.94. The molecule has 1 amide bonds. The van der Waals surface area contributed by atoms with Gasteiger partial charge in [-0.1, -0.05) is 6.07 Å². The number of carbonyl (C=O) groups is 1. The van der Waals surface area contributed by atoms with Crippen LogP contribution in [0.1, 0.15) is 28.9 Å². The Kier molecular flexibility index (Phi) is 7.51. The van der Waals surface area contributed by atoms with Crippen LogP contribution in [0.25, 0.3) is 0 Å². The lowest BCUT2D eigenvalue weighted by atomic mass is 10.1. The molecule has 3 heterocycles. The van der Waals surface area contributed by atoms with Crippen molar-refractivity contribution in [2.75, 3.05) is 52.4 Å². The number of aliphatic hydroxyl groups excluding tert-OH is 1. The fourth-order valence-corrected chi connectivity index (χ4v) is 4.27. The molecule has 31 heavy (non-hydrogen) atoms. The Morgan fingerprint density at radius 3 is 2.35 bits per heavy atom. The van der Waals surface area contributed by atoms with E-state index in [2.05, 4.69) is 20.9 Å². The topological polar surface area (TPSA) is 69.1 Å².